The van der Waals surface area contributed by atoms with Crippen LogP contribution in [-0.2, 0) is 28.6 Å². The number of carbonyl (C=O) groups excluding carboxylic acids is 3. The van der Waals surface area contributed by atoms with Crippen molar-refractivity contribution in [3.05, 3.63) is 36.5 Å². The predicted octanol–water partition coefficient (Wildman–Crippen LogP) is 11.1. The number of carbonyl (C=O) groups is 3. The Morgan fingerprint density at radius 2 is 0.667 bits per heavy atom. The number of allylic oxidation sites excluding steroid dienone is 6. The third kappa shape index (κ3) is 41.5. The van der Waals surface area contributed by atoms with Crippen LogP contribution in [0.3, 0.4) is 0 Å². The smallest absolute Gasteiger partial charge is 0.305 e. The standard InChI is InChI=1S/C48H88N2O7/c1-4-7-10-13-16-19-22-27-43-55-46(52)33-30-38-49(39-31-34-47(53)56-44-28-23-20-17-14-11-8-5-2)36-25-26-37-50(41-42-51)40-32-35-48(54)57-45-29-24-21-18-15-12-9-6-3/h16-21,51H,4-15,22-45H2,1-3H3/b19-16-,20-17-,21-18-. The van der Waals surface area contributed by atoms with E-state index in [1.807, 2.05) is 0 Å². The zero-order valence-electron chi connectivity index (χ0n) is 37.2. The van der Waals surface area contributed by atoms with Gasteiger partial charge in [0.25, 0.3) is 0 Å². The van der Waals surface area contributed by atoms with Gasteiger partial charge in [0.1, 0.15) is 0 Å². The van der Waals surface area contributed by atoms with Crippen LogP contribution in [0.4, 0.5) is 0 Å². The number of hydrogen-bond donors (Lipinski definition) is 1. The molecule has 0 aliphatic heterocycles. The van der Waals surface area contributed by atoms with Crippen molar-refractivity contribution in [1.29, 1.82) is 0 Å². The Kier molecular flexibility index (Phi) is 42.7. The van der Waals surface area contributed by atoms with Crippen molar-refractivity contribution in [2.75, 3.05) is 65.7 Å². The Hall–Kier alpha value is -2.49. The van der Waals surface area contributed by atoms with Gasteiger partial charge in [0.15, 0.2) is 0 Å². The Balaban J connectivity index is 4.59. The van der Waals surface area contributed by atoms with E-state index in [1.165, 1.54) is 57.8 Å². The largest absolute Gasteiger partial charge is 0.466 e. The SMILES string of the molecule is CCCCC/C=C\CCCOC(=O)CCCN(CCO)CCCCN(CCCC(=O)OCCC/C=C\CCCCC)CCCC(=O)OCCC/C=C\CCCCC. The second-order valence-electron chi connectivity index (χ2n) is 15.4. The molecule has 0 rings (SSSR count). The van der Waals surface area contributed by atoms with Gasteiger partial charge in [-0.1, -0.05) is 95.8 Å². The molecule has 9 heteroatoms. The van der Waals surface area contributed by atoms with Crippen molar-refractivity contribution in [3.63, 3.8) is 0 Å². The quantitative estimate of drug-likeness (QED) is 0.0279. The molecule has 0 aliphatic carbocycles. The maximum atomic E-state index is 12.4. The number of esters is 3. The van der Waals surface area contributed by atoms with Gasteiger partial charge in [0.2, 0.25) is 0 Å². The number of ether oxygens (including phenoxy) is 3. The lowest BCUT2D eigenvalue weighted by Crippen LogP contribution is -2.31. The molecule has 0 bridgehead atoms. The molecule has 0 amide bonds. The number of rotatable bonds is 43. The van der Waals surface area contributed by atoms with Crippen LogP contribution in [0.15, 0.2) is 36.5 Å². The van der Waals surface area contributed by atoms with Gasteiger partial charge >= 0.3 is 17.9 Å². The average Bonchev–Trinajstić information content (AvgIpc) is 3.20. The highest BCUT2D eigenvalue weighted by atomic mass is 16.5. The molecule has 57 heavy (non-hydrogen) atoms. The van der Waals surface area contributed by atoms with Crippen LogP contribution in [0, 0.1) is 0 Å². The van der Waals surface area contributed by atoms with Gasteiger partial charge in [-0.25, -0.2) is 0 Å². The Morgan fingerprint density at radius 1 is 0.386 bits per heavy atom. The summed E-state index contributed by atoms with van der Waals surface area (Å²) < 4.78 is 16.4. The van der Waals surface area contributed by atoms with E-state index in [0.717, 1.165) is 116 Å². The van der Waals surface area contributed by atoms with Crippen molar-refractivity contribution in [2.45, 2.75) is 188 Å². The zero-order chi connectivity index (χ0) is 41.7. The molecule has 0 unspecified atom stereocenters. The molecule has 0 aromatic heterocycles. The van der Waals surface area contributed by atoms with Crippen LogP contribution in [-0.4, -0.2) is 98.5 Å². The fourth-order valence-electron chi connectivity index (χ4n) is 6.45. The number of aliphatic hydroxyl groups is 1. The molecular formula is C48H88N2O7. The number of aliphatic hydroxyl groups excluding tert-OH is 1. The summed E-state index contributed by atoms with van der Waals surface area (Å²) in [6.07, 6.45) is 38.5. The van der Waals surface area contributed by atoms with Crippen LogP contribution in [0.25, 0.3) is 0 Å². The first-order chi connectivity index (χ1) is 28.0. The van der Waals surface area contributed by atoms with Gasteiger partial charge in [0.05, 0.1) is 26.4 Å². The van der Waals surface area contributed by atoms with E-state index in [0.29, 0.717) is 52.0 Å². The zero-order valence-corrected chi connectivity index (χ0v) is 37.2. The van der Waals surface area contributed by atoms with Crippen LogP contribution in [0.2, 0.25) is 0 Å². The lowest BCUT2D eigenvalue weighted by Gasteiger charge is -2.24. The summed E-state index contributed by atoms with van der Waals surface area (Å²) in [6, 6.07) is 0. The molecule has 0 aliphatic rings. The van der Waals surface area contributed by atoms with E-state index in [-0.39, 0.29) is 24.5 Å². The Labute approximate surface area is 350 Å². The third-order valence-corrected chi connectivity index (χ3v) is 9.94. The molecule has 0 atom stereocenters. The lowest BCUT2D eigenvalue weighted by atomic mass is 10.2. The summed E-state index contributed by atoms with van der Waals surface area (Å²) in [7, 11) is 0. The summed E-state index contributed by atoms with van der Waals surface area (Å²) in [5, 5.41) is 9.65. The Bertz CT molecular complexity index is 953. The molecular weight excluding hydrogens is 717 g/mol. The highest BCUT2D eigenvalue weighted by molar-refractivity contribution is 5.70. The van der Waals surface area contributed by atoms with Gasteiger partial charge in [-0.2, -0.15) is 0 Å². The minimum Gasteiger partial charge on any atom is -0.466 e. The van der Waals surface area contributed by atoms with E-state index in [9.17, 15) is 19.5 Å². The van der Waals surface area contributed by atoms with Gasteiger partial charge in [-0.3, -0.25) is 14.4 Å². The van der Waals surface area contributed by atoms with Crippen LogP contribution in [0.5, 0.6) is 0 Å². The number of hydrogen-bond acceptors (Lipinski definition) is 9. The van der Waals surface area contributed by atoms with Crippen molar-refractivity contribution in [3.8, 4) is 0 Å². The predicted molar refractivity (Wildman–Crippen MR) is 237 cm³/mol. The molecule has 0 radical (unpaired) electrons. The van der Waals surface area contributed by atoms with Gasteiger partial charge in [0, 0.05) is 25.8 Å². The van der Waals surface area contributed by atoms with Crippen molar-refractivity contribution in [1.82, 2.24) is 9.80 Å². The van der Waals surface area contributed by atoms with Crippen LogP contribution < -0.4 is 0 Å². The van der Waals surface area contributed by atoms with Gasteiger partial charge < -0.3 is 29.1 Å². The number of unbranched alkanes of at least 4 members (excludes halogenated alkanes) is 13. The Morgan fingerprint density at radius 3 is 0.965 bits per heavy atom. The highest BCUT2D eigenvalue weighted by Crippen LogP contribution is 2.09. The average molecular weight is 805 g/mol. The highest BCUT2D eigenvalue weighted by Gasteiger charge is 2.12. The van der Waals surface area contributed by atoms with Crippen LogP contribution in [0.1, 0.15) is 188 Å². The van der Waals surface area contributed by atoms with E-state index in [2.05, 4.69) is 67.0 Å². The first-order valence-corrected chi connectivity index (χ1v) is 23.4. The molecule has 0 aromatic carbocycles. The second-order valence-corrected chi connectivity index (χ2v) is 15.4. The monoisotopic (exact) mass is 805 g/mol. The van der Waals surface area contributed by atoms with Crippen molar-refractivity contribution < 1.29 is 33.7 Å². The van der Waals surface area contributed by atoms with Crippen molar-refractivity contribution in [2.24, 2.45) is 0 Å². The summed E-state index contributed by atoms with van der Waals surface area (Å²) in [5.74, 6) is -0.435. The van der Waals surface area contributed by atoms with Crippen LogP contribution >= 0.6 is 0 Å². The molecule has 0 fully saturated rings. The minimum atomic E-state index is -0.148. The van der Waals surface area contributed by atoms with Gasteiger partial charge in [-0.05, 0) is 142 Å². The maximum Gasteiger partial charge on any atom is 0.305 e. The molecule has 0 saturated carbocycles. The molecule has 1 N–H and O–H groups in total. The van der Waals surface area contributed by atoms with E-state index < -0.39 is 0 Å². The molecule has 0 heterocycles. The third-order valence-electron chi connectivity index (χ3n) is 9.94. The first kappa shape index (κ1) is 54.5. The first-order valence-electron chi connectivity index (χ1n) is 23.4. The summed E-state index contributed by atoms with van der Waals surface area (Å²) in [6.45, 7) is 12.7. The summed E-state index contributed by atoms with van der Waals surface area (Å²) in [4.78, 5) is 41.7. The number of nitrogens with zero attached hydrogens (tertiary/aromatic N) is 2. The molecule has 332 valence electrons. The maximum absolute atomic E-state index is 12.4. The molecule has 0 spiro atoms. The van der Waals surface area contributed by atoms with Gasteiger partial charge in [-0.15, -0.1) is 0 Å². The normalized spacial score (nSPS) is 11.9. The summed E-state index contributed by atoms with van der Waals surface area (Å²) >= 11 is 0. The van der Waals surface area contributed by atoms with E-state index in [1.54, 1.807) is 0 Å². The van der Waals surface area contributed by atoms with E-state index >= 15 is 0 Å². The topological polar surface area (TPSA) is 106 Å². The van der Waals surface area contributed by atoms with Crippen molar-refractivity contribution >= 4 is 17.9 Å². The molecule has 0 aromatic rings. The van der Waals surface area contributed by atoms with E-state index in [4.69, 9.17) is 14.2 Å². The molecule has 0 saturated heterocycles. The summed E-state index contributed by atoms with van der Waals surface area (Å²) in [5.41, 5.74) is 0. The lowest BCUT2D eigenvalue weighted by molar-refractivity contribution is -0.144. The fraction of sp³-hybridized carbons (Fsp3) is 0.812. The fourth-order valence-corrected chi connectivity index (χ4v) is 6.45. The molecule has 9 nitrogen and oxygen atoms in total. The minimum absolute atomic E-state index is 0.0836. The second kappa shape index (κ2) is 44.6.